The summed E-state index contributed by atoms with van der Waals surface area (Å²) in [5.74, 6) is 0.872. The van der Waals surface area contributed by atoms with E-state index in [0.29, 0.717) is 18.3 Å². The molecule has 0 fully saturated rings. The highest BCUT2D eigenvalue weighted by molar-refractivity contribution is 5.30. The van der Waals surface area contributed by atoms with Crippen LogP contribution in [0.4, 0.5) is 5.82 Å². The first-order valence-electron chi connectivity index (χ1n) is 7.05. The molecule has 1 aromatic heterocycles. The molecule has 0 unspecified atom stereocenters. The smallest absolute Gasteiger partial charge is 0.293 e. The summed E-state index contributed by atoms with van der Waals surface area (Å²) in [6.07, 6.45) is 7.32. The minimum absolute atomic E-state index is 0.0495. The van der Waals surface area contributed by atoms with Crippen molar-refractivity contribution in [1.29, 1.82) is 0 Å². The highest BCUT2D eigenvalue weighted by atomic mass is 16.2. The quantitative estimate of drug-likeness (QED) is 0.670. The maximum atomic E-state index is 12.1. The van der Waals surface area contributed by atoms with Crippen molar-refractivity contribution in [2.45, 2.75) is 46.1 Å². The van der Waals surface area contributed by atoms with Crippen LogP contribution >= 0.6 is 0 Å². The molecule has 1 heterocycles. The number of nitrogens with zero attached hydrogens (tertiary/aromatic N) is 2. The fraction of sp³-hybridized carbons (Fsp3) is 0.714. The van der Waals surface area contributed by atoms with Crippen molar-refractivity contribution in [3.8, 4) is 0 Å². The van der Waals surface area contributed by atoms with Gasteiger partial charge in [0.05, 0.1) is 0 Å². The van der Waals surface area contributed by atoms with Crippen molar-refractivity contribution in [3.05, 3.63) is 22.7 Å². The van der Waals surface area contributed by atoms with Crippen LogP contribution in [0.1, 0.15) is 39.5 Å². The molecule has 5 nitrogen and oxygen atoms in total. The largest absolute Gasteiger partial charge is 0.396 e. The summed E-state index contributed by atoms with van der Waals surface area (Å²) in [4.78, 5) is 16.2. The van der Waals surface area contributed by atoms with Crippen LogP contribution in [0.3, 0.4) is 0 Å². The molecule has 0 aliphatic carbocycles. The van der Waals surface area contributed by atoms with Gasteiger partial charge in [0.25, 0.3) is 5.56 Å². The standard InChI is InChI=1S/C14H25N3O2/c1-12(2)11-17-9-8-16-13(14(17)19)15-7-5-3-4-6-10-18/h8-9,12,18H,3-7,10-11H2,1-2H3,(H,15,16). The molecule has 0 amide bonds. The monoisotopic (exact) mass is 267 g/mol. The Bertz CT molecular complexity index is 415. The maximum absolute atomic E-state index is 12.1. The zero-order valence-corrected chi connectivity index (χ0v) is 11.9. The summed E-state index contributed by atoms with van der Waals surface area (Å²) in [5, 5.41) is 11.8. The van der Waals surface area contributed by atoms with Gasteiger partial charge in [0.1, 0.15) is 0 Å². The van der Waals surface area contributed by atoms with Crippen LogP contribution in [-0.2, 0) is 6.54 Å². The van der Waals surface area contributed by atoms with Gasteiger partial charge < -0.3 is 15.0 Å². The Kier molecular flexibility index (Phi) is 7.18. The first-order valence-corrected chi connectivity index (χ1v) is 7.05. The van der Waals surface area contributed by atoms with Crippen LogP contribution in [0.25, 0.3) is 0 Å². The predicted molar refractivity (Wildman–Crippen MR) is 77.4 cm³/mol. The van der Waals surface area contributed by atoms with E-state index in [1.54, 1.807) is 17.0 Å². The van der Waals surface area contributed by atoms with E-state index >= 15 is 0 Å². The molecular weight excluding hydrogens is 242 g/mol. The van der Waals surface area contributed by atoms with E-state index in [-0.39, 0.29) is 12.2 Å². The number of hydrogen-bond acceptors (Lipinski definition) is 4. The third-order valence-corrected chi connectivity index (χ3v) is 2.85. The minimum Gasteiger partial charge on any atom is -0.396 e. The van der Waals surface area contributed by atoms with Gasteiger partial charge in [-0.25, -0.2) is 4.98 Å². The summed E-state index contributed by atoms with van der Waals surface area (Å²) < 4.78 is 1.70. The number of anilines is 1. The number of unbranched alkanes of at least 4 members (excludes halogenated alkanes) is 3. The molecule has 1 rings (SSSR count). The summed E-state index contributed by atoms with van der Waals surface area (Å²) in [6.45, 7) is 5.89. The van der Waals surface area contributed by atoms with Gasteiger partial charge in [-0.2, -0.15) is 0 Å². The fourth-order valence-corrected chi connectivity index (χ4v) is 1.90. The molecule has 1 aromatic rings. The Labute approximate surface area is 114 Å². The first-order chi connectivity index (χ1) is 9.15. The normalized spacial score (nSPS) is 10.9. The van der Waals surface area contributed by atoms with E-state index in [2.05, 4.69) is 24.1 Å². The maximum Gasteiger partial charge on any atom is 0.293 e. The van der Waals surface area contributed by atoms with E-state index in [1.165, 1.54) is 0 Å². The lowest BCUT2D eigenvalue weighted by atomic mass is 10.2. The molecule has 108 valence electrons. The van der Waals surface area contributed by atoms with Gasteiger partial charge in [-0.1, -0.05) is 26.7 Å². The highest BCUT2D eigenvalue weighted by Crippen LogP contribution is 2.01. The molecule has 2 N–H and O–H groups in total. The van der Waals surface area contributed by atoms with E-state index < -0.39 is 0 Å². The average Bonchev–Trinajstić information content (AvgIpc) is 2.37. The summed E-state index contributed by atoms with van der Waals surface area (Å²) in [5.41, 5.74) is -0.0495. The molecule has 0 aliphatic heterocycles. The third kappa shape index (κ3) is 5.87. The molecule has 0 bridgehead atoms. The Balaban J connectivity index is 2.43. The second-order valence-electron chi connectivity index (χ2n) is 5.19. The average molecular weight is 267 g/mol. The van der Waals surface area contributed by atoms with Gasteiger partial charge in [0.2, 0.25) is 0 Å². The van der Waals surface area contributed by atoms with E-state index in [0.717, 1.165) is 32.2 Å². The van der Waals surface area contributed by atoms with Crippen molar-refractivity contribution < 1.29 is 5.11 Å². The van der Waals surface area contributed by atoms with E-state index in [9.17, 15) is 4.79 Å². The van der Waals surface area contributed by atoms with E-state index in [4.69, 9.17) is 5.11 Å². The van der Waals surface area contributed by atoms with Crippen molar-refractivity contribution in [2.75, 3.05) is 18.5 Å². The van der Waals surface area contributed by atoms with Gasteiger partial charge in [-0.3, -0.25) is 4.79 Å². The molecule has 19 heavy (non-hydrogen) atoms. The van der Waals surface area contributed by atoms with Gasteiger partial charge in [0, 0.05) is 32.1 Å². The van der Waals surface area contributed by atoms with Crippen LogP contribution in [0, 0.1) is 5.92 Å². The molecule has 0 atom stereocenters. The Morgan fingerprint density at radius 2 is 2.05 bits per heavy atom. The lowest BCUT2D eigenvalue weighted by Gasteiger charge is -2.10. The highest BCUT2D eigenvalue weighted by Gasteiger charge is 2.05. The van der Waals surface area contributed by atoms with Gasteiger partial charge in [-0.15, -0.1) is 0 Å². The summed E-state index contributed by atoms with van der Waals surface area (Å²) in [7, 11) is 0. The van der Waals surface area contributed by atoms with Crippen LogP contribution in [0.15, 0.2) is 17.2 Å². The van der Waals surface area contributed by atoms with Crippen molar-refractivity contribution in [3.63, 3.8) is 0 Å². The Hall–Kier alpha value is -1.36. The number of hydrogen-bond donors (Lipinski definition) is 2. The molecule has 5 heteroatoms. The number of aliphatic hydroxyl groups is 1. The lowest BCUT2D eigenvalue weighted by Crippen LogP contribution is -2.26. The molecule has 0 saturated heterocycles. The predicted octanol–water partition coefficient (Wildman–Crippen LogP) is 1.86. The van der Waals surface area contributed by atoms with Gasteiger partial charge in [-0.05, 0) is 18.8 Å². The van der Waals surface area contributed by atoms with Gasteiger partial charge in [0.15, 0.2) is 5.82 Å². The van der Waals surface area contributed by atoms with Crippen molar-refractivity contribution in [1.82, 2.24) is 9.55 Å². The number of nitrogens with one attached hydrogen (secondary N) is 1. The Morgan fingerprint density at radius 1 is 1.32 bits per heavy atom. The summed E-state index contributed by atoms with van der Waals surface area (Å²) in [6, 6.07) is 0. The minimum atomic E-state index is -0.0495. The lowest BCUT2D eigenvalue weighted by molar-refractivity contribution is 0.283. The zero-order chi connectivity index (χ0) is 14.1. The molecule has 0 aromatic carbocycles. The summed E-state index contributed by atoms with van der Waals surface area (Å²) >= 11 is 0. The fourth-order valence-electron chi connectivity index (χ4n) is 1.90. The van der Waals surface area contributed by atoms with E-state index in [1.807, 2.05) is 0 Å². The van der Waals surface area contributed by atoms with Crippen LogP contribution in [-0.4, -0.2) is 27.8 Å². The topological polar surface area (TPSA) is 67.2 Å². The molecule has 0 radical (unpaired) electrons. The van der Waals surface area contributed by atoms with Crippen LogP contribution in [0.5, 0.6) is 0 Å². The molecule has 0 aliphatic rings. The number of rotatable bonds is 9. The second kappa shape index (κ2) is 8.69. The third-order valence-electron chi connectivity index (χ3n) is 2.85. The zero-order valence-electron chi connectivity index (χ0n) is 11.9. The van der Waals surface area contributed by atoms with Crippen molar-refractivity contribution >= 4 is 5.82 Å². The SMILES string of the molecule is CC(C)Cn1ccnc(NCCCCCCO)c1=O. The molecular formula is C14H25N3O2. The van der Waals surface area contributed by atoms with Crippen LogP contribution < -0.4 is 10.9 Å². The number of aromatic nitrogens is 2. The Morgan fingerprint density at radius 3 is 2.74 bits per heavy atom. The van der Waals surface area contributed by atoms with Crippen LogP contribution in [0.2, 0.25) is 0 Å². The first kappa shape index (κ1) is 15.7. The number of aliphatic hydroxyl groups excluding tert-OH is 1. The molecule has 0 saturated carbocycles. The molecule has 0 spiro atoms. The van der Waals surface area contributed by atoms with Crippen molar-refractivity contribution in [2.24, 2.45) is 5.92 Å². The van der Waals surface area contributed by atoms with Gasteiger partial charge >= 0.3 is 0 Å². The second-order valence-corrected chi connectivity index (χ2v) is 5.19.